The van der Waals surface area contributed by atoms with Crippen molar-refractivity contribution < 1.29 is 32.0 Å². The van der Waals surface area contributed by atoms with Crippen LogP contribution in [0.2, 0.25) is 0 Å². The van der Waals surface area contributed by atoms with Crippen molar-refractivity contribution in [3.05, 3.63) is 41.2 Å². The highest BCUT2D eigenvalue weighted by Crippen LogP contribution is 2.18. The molecule has 2 amide bonds. The van der Waals surface area contributed by atoms with Crippen LogP contribution in [0.3, 0.4) is 0 Å². The van der Waals surface area contributed by atoms with Crippen LogP contribution in [0, 0.1) is 5.13 Å². The van der Waals surface area contributed by atoms with E-state index in [1.165, 1.54) is 24.3 Å². The lowest BCUT2D eigenvalue weighted by Gasteiger charge is -2.11. The summed E-state index contributed by atoms with van der Waals surface area (Å²) in [6.45, 7) is 0.690. The van der Waals surface area contributed by atoms with Crippen molar-refractivity contribution in [3.63, 3.8) is 0 Å². The number of nitrogens with zero attached hydrogens (tertiary/aromatic N) is 2. The zero-order valence-electron chi connectivity index (χ0n) is 16.6. The number of carbonyl (C=O) groups excluding carboxylic acids is 2. The number of halogens is 1. The normalized spacial score (nSPS) is 16.7. The lowest BCUT2D eigenvalue weighted by molar-refractivity contribution is -0.117. The maximum atomic E-state index is 13.2. The Kier molecular flexibility index (Phi) is 7.84. The summed E-state index contributed by atoms with van der Waals surface area (Å²) in [6, 6.07) is 5.29. The highest BCUT2D eigenvalue weighted by molar-refractivity contribution is 7.89. The molecule has 0 saturated carbocycles. The Morgan fingerprint density at radius 2 is 2.09 bits per heavy atom. The van der Waals surface area contributed by atoms with Gasteiger partial charge in [0.05, 0.1) is 24.3 Å². The van der Waals surface area contributed by atoms with Crippen molar-refractivity contribution in [2.75, 3.05) is 25.1 Å². The van der Waals surface area contributed by atoms with Gasteiger partial charge in [-0.2, -0.15) is 4.39 Å². The number of ether oxygens (including phenoxy) is 1. The zero-order chi connectivity index (χ0) is 23.1. The molecule has 0 radical (unpaired) electrons. The van der Waals surface area contributed by atoms with E-state index in [2.05, 4.69) is 20.2 Å². The number of hydrogen-bond acceptors (Lipinski definition) is 9. The van der Waals surface area contributed by atoms with Crippen LogP contribution in [0.4, 0.5) is 9.52 Å². The summed E-state index contributed by atoms with van der Waals surface area (Å²) in [5, 5.41) is 5.82. The molecule has 3 rings (SSSR count). The van der Waals surface area contributed by atoms with Gasteiger partial charge in [0.1, 0.15) is 0 Å². The molecule has 1 atom stereocenters. The van der Waals surface area contributed by atoms with E-state index in [1.54, 1.807) is 0 Å². The SMILES string of the molecule is NC(=O)CCNS(=O)(=O)c1ccc(C(=NO[C@@H]2CCOC2)C(=O)Nc2ncc(F)s2)cc1. The van der Waals surface area contributed by atoms with Crippen molar-refractivity contribution in [1.29, 1.82) is 0 Å². The smallest absolute Gasteiger partial charge is 0.280 e. The van der Waals surface area contributed by atoms with Gasteiger partial charge in [-0.15, -0.1) is 0 Å². The third-order valence-corrected chi connectivity index (χ3v) is 6.37. The van der Waals surface area contributed by atoms with E-state index in [9.17, 15) is 22.4 Å². The fourth-order valence-corrected chi connectivity index (χ4v) is 4.17. The first-order valence-electron chi connectivity index (χ1n) is 9.37. The predicted molar refractivity (Wildman–Crippen MR) is 113 cm³/mol. The minimum atomic E-state index is -3.89. The number of rotatable bonds is 10. The number of thiazole rings is 1. The molecule has 0 unspecified atom stereocenters. The number of anilines is 1. The molecule has 2 heterocycles. The third-order valence-electron chi connectivity index (χ3n) is 4.20. The number of amides is 2. The van der Waals surface area contributed by atoms with Gasteiger partial charge in [0.15, 0.2) is 22.1 Å². The average Bonchev–Trinajstić information content (AvgIpc) is 3.40. The molecule has 0 spiro atoms. The molecule has 1 aromatic heterocycles. The predicted octanol–water partition coefficient (Wildman–Crippen LogP) is 0.584. The maximum Gasteiger partial charge on any atom is 0.280 e. The van der Waals surface area contributed by atoms with Crippen molar-refractivity contribution in [3.8, 4) is 0 Å². The summed E-state index contributed by atoms with van der Waals surface area (Å²) >= 11 is 0.641. The molecule has 0 aliphatic carbocycles. The Hall–Kier alpha value is -2.94. The summed E-state index contributed by atoms with van der Waals surface area (Å²) in [4.78, 5) is 32.6. The summed E-state index contributed by atoms with van der Waals surface area (Å²) in [7, 11) is -3.89. The molecule has 172 valence electrons. The number of nitrogens with two attached hydrogens (primary N) is 1. The number of nitrogens with one attached hydrogen (secondary N) is 2. The van der Waals surface area contributed by atoms with Gasteiger partial charge < -0.3 is 15.3 Å². The van der Waals surface area contributed by atoms with E-state index in [-0.39, 0.29) is 40.4 Å². The van der Waals surface area contributed by atoms with Gasteiger partial charge in [-0.25, -0.2) is 18.1 Å². The number of sulfonamides is 1. The van der Waals surface area contributed by atoms with Crippen LogP contribution in [0.15, 0.2) is 40.5 Å². The van der Waals surface area contributed by atoms with Crippen molar-refractivity contribution in [2.24, 2.45) is 10.9 Å². The second kappa shape index (κ2) is 10.6. The average molecular weight is 486 g/mol. The molecule has 0 bridgehead atoms. The second-order valence-electron chi connectivity index (χ2n) is 6.59. The minimum Gasteiger partial charge on any atom is -0.389 e. The number of benzene rings is 1. The van der Waals surface area contributed by atoms with Gasteiger partial charge in [-0.3, -0.25) is 14.9 Å². The molecule has 11 nitrogen and oxygen atoms in total. The number of primary amides is 1. The van der Waals surface area contributed by atoms with Crippen LogP contribution in [-0.4, -0.2) is 56.8 Å². The van der Waals surface area contributed by atoms with E-state index in [4.69, 9.17) is 15.3 Å². The van der Waals surface area contributed by atoms with Gasteiger partial charge >= 0.3 is 0 Å². The molecule has 1 aromatic carbocycles. The van der Waals surface area contributed by atoms with Crippen molar-refractivity contribution >= 4 is 44.0 Å². The summed E-state index contributed by atoms with van der Waals surface area (Å²) in [6.07, 6.45) is 1.09. The molecule has 14 heteroatoms. The number of carbonyl (C=O) groups is 2. The van der Waals surface area contributed by atoms with E-state index >= 15 is 0 Å². The Morgan fingerprint density at radius 3 is 2.69 bits per heavy atom. The fourth-order valence-electron chi connectivity index (χ4n) is 2.60. The molecule has 1 fully saturated rings. The van der Waals surface area contributed by atoms with E-state index in [0.717, 1.165) is 6.20 Å². The van der Waals surface area contributed by atoms with Crippen LogP contribution in [0.1, 0.15) is 18.4 Å². The standard InChI is InChI=1S/C18H20FN5O6S2/c19-14-9-21-18(31-14)23-17(26)16(24-30-12-6-8-29-10-12)11-1-3-13(4-2-11)32(27,28)22-7-5-15(20)25/h1-4,9,12,22H,5-8,10H2,(H2,20,25)(H,21,23,26)/t12-/m1/s1. The van der Waals surface area contributed by atoms with E-state index in [1.807, 2.05) is 0 Å². The Morgan fingerprint density at radius 1 is 1.34 bits per heavy atom. The number of aromatic nitrogens is 1. The van der Waals surface area contributed by atoms with Gasteiger partial charge in [-0.05, 0) is 12.1 Å². The Bertz CT molecular complexity index is 1100. The molecular weight excluding hydrogens is 465 g/mol. The van der Waals surface area contributed by atoms with Crippen molar-refractivity contribution in [2.45, 2.75) is 23.8 Å². The topological polar surface area (TPSA) is 162 Å². The van der Waals surface area contributed by atoms with Gasteiger partial charge in [-0.1, -0.05) is 28.6 Å². The highest BCUT2D eigenvalue weighted by Gasteiger charge is 2.22. The van der Waals surface area contributed by atoms with E-state index < -0.39 is 27.0 Å². The molecule has 2 aromatic rings. The lowest BCUT2D eigenvalue weighted by Crippen LogP contribution is -2.28. The Balaban J connectivity index is 1.79. The first kappa shape index (κ1) is 23.7. The monoisotopic (exact) mass is 485 g/mol. The van der Waals surface area contributed by atoms with Crippen LogP contribution in [-0.2, 0) is 29.2 Å². The molecule has 1 aliphatic rings. The molecule has 32 heavy (non-hydrogen) atoms. The van der Waals surface area contributed by atoms with Crippen LogP contribution >= 0.6 is 11.3 Å². The fraction of sp³-hybridized carbons (Fsp3) is 0.333. The van der Waals surface area contributed by atoms with Crippen LogP contribution < -0.4 is 15.8 Å². The van der Waals surface area contributed by atoms with Gasteiger partial charge in [0, 0.05) is 24.9 Å². The molecule has 1 saturated heterocycles. The lowest BCUT2D eigenvalue weighted by atomic mass is 10.1. The molecule has 1 aliphatic heterocycles. The molecular formula is C18H20FN5O6S2. The van der Waals surface area contributed by atoms with E-state index in [0.29, 0.717) is 31.0 Å². The number of oxime groups is 1. The largest absolute Gasteiger partial charge is 0.389 e. The van der Waals surface area contributed by atoms with Crippen LogP contribution in [0.25, 0.3) is 0 Å². The second-order valence-corrected chi connectivity index (χ2v) is 9.34. The minimum absolute atomic E-state index is 0.0299. The zero-order valence-corrected chi connectivity index (χ0v) is 18.2. The quantitative estimate of drug-likeness (QED) is 0.327. The summed E-state index contributed by atoms with van der Waals surface area (Å²) in [5.41, 5.74) is 5.11. The third kappa shape index (κ3) is 6.53. The van der Waals surface area contributed by atoms with Crippen molar-refractivity contribution in [1.82, 2.24) is 9.71 Å². The van der Waals surface area contributed by atoms with Gasteiger partial charge in [0.25, 0.3) is 5.91 Å². The summed E-state index contributed by atoms with van der Waals surface area (Å²) < 4.78 is 45.3. The van der Waals surface area contributed by atoms with Crippen LogP contribution in [0.5, 0.6) is 0 Å². The Labute approximate surface area is 186 Å². The first-order valence-corrected chi connectivity index (χ1v) is 11.7. The molecule has 4 N–H and O–H groups in total. The summed E-state index contributed by atoms with van der Waals surface area (Å²) in [5.74, 6) is -1.35. The highest BCUT2D eigenvalue weighted by atomic mass is 32.2. The van der Waals surface area contributed by atoms with Gasteiger partial charge in [0.2, 0.25) is 15.9 Å². The first-order chi connectivity index (χ1) is 15.2. The maximum absolute atomic E-state index is 13.2. The number of hydrogen-bond donors (Lipinski definition) is 3.